The molecule has 2 aromatic heterocycles. The Labute approximate surface area is 174 Å². The van der Waals surface area contributed by atoms with Crippen LogP contribution < -0.4 is 0 Å². The van der Waals surface area contributed by atoms with Gasteiger partial charge in [0.2, 0.25) is 5.28 Å². The number of rotatable bonds is 4. The van der Waals surface area contributed by atoms with E-state index in [1.165, 1.54) is 0 Å². The van der Waals surface area contributed by atoms with Crippen LogP contribution >= 0.6 is 11.6 Å². The molecule has 0 N–H and O–H groups in total. The number of nitrogens with zero attached hydrogens (tertiary/aromatic N) is 3. The summed E-state index contributed by atoms with van der Waals surface area (Å²) in [4.78, 5) is 8.69. The maximum Gasteiger partial charge on any atom is 0.223 e. The van der Waals surface area contributed by atoms with Crippen LogP contribution in [0.15, 0.2) is 109 Å². The third-order valence-corrected chi connectivity index (χ3v) is 5.53. The summed E-state index contributed by atoms with van der Waals surface area (Å²) >= 11 is 6.06. The first kappa shape index (κ1) is 17.7. The maximum absolute atomic E-state index is 6.06. The third-order valence-electron chi connectivity index (χ3n) is 5.35. The lowest BCUT2D eigenvalue weighted by atomic mass is 9.76. The van der Waals surface area contributed by atoms with Crippen LogP contribution in [-0.2, 0) is 5.54 Å². The van der Waals surface area contributed by atoms with Crippen LogP contribution in [0.5, 0.6) is 0 Å². The molecule has 0 aliphatic rings. The van der Waals surface area contributed by atoms with Gasteiger partial charge in [-0.1, -0.05) is 91.0 Å². The molecule has 0 saturated heterocycles. The number of benzene rings is 3. The standard InChI is InChI=1S/C25H18ClN3/c26-24-27-18-23-22(28-24)16-17-29(23)25(19-10-4-1-5-11-19,20-12-6-2-7-13-20)21-14-8-3-9-15-21/h1-18H. The van der Waals surface area contributed by atoms with Crippen LogP contribution in [-0.4, -0.2) is 14.5 Å². The summed E-state index contributed by atoms with van der Waals surface area (Å²) in [5, 5.41) is 0.250. The molecule has 0 amide bonds. The summed E-state index contributed by atoms with van der Waals surface area (Å²) in [6.07, 6.45) is 3.87. The highest BCUT2D eigenvalue weighted by molar-refractivity contribution is 6.28. The first-order valence-corrected chi connectivity index (χ1v) is 9.84. The zero-order valence-corrected chi connectivity index (χ0v) is 16.4. The Balaban J connectivity index is 1.95. The molecular formula is C25H18ClN3. The van der Waals surface area contributed by atoms with Crippen LogP contribution in [0.3, 0.4) is 0 Å². The summed E-state index contributed by atoms with van der Waals surface area (Å²) < 4.78 is 2.25. The lowest BCUT2D eigenvalue weighted by molar-refractivity contribution is 0.533. The van der Waals surface area contributed by atoms with Gasteiger partial charge in [-0.25, -0.2) is 9.97 Å². The lowest BCUT2D eigenvalue weighted by Gasteiger charge is -2.38. The van der Waals surface area contributed by atoms with E-state index in [-0.39, 0.29) is 5.28 Å². The molecule has 140 valence electrons. The topological polar surface area (TPSA) is 30.7 Å². The SMILES string of the molecule is Clc1ncc2c(ccn2C(c2ccccc2)(c2ccccc2)c2ccccc2)n1. The molecule has 0 unspecified atom stereocenters. The van der Waals surface area contributed by atoms with E-state index in [1.807, 2.05) is 24.3 Å². The van der Waals surface area contributed by atoms with Crippen LogP contribution in [0.25, 0.3) is 11.0 Å². The Kier molecular flexibility index (Phi) is 4.38. The second-order valence-electron chi connectivity index (χ2n) is 6.90. The Hall–Kier alpha value is -3.43. The van der Waals surface area contributed by atoms with Crippen LogP contribution in [0.2, 0.25) is 5.28 Å². The van der Waals surface area contributed by atoms with Crippen molar-refractivity contribution >= 4 is 22.6 Å². The molecule has 0 aliphatic carbocycles. The van der Waals surface area contributed by atoms with Gasteiger partial charge in [0, 0.05) is 6.20 Å². The molecular weight excluding hydrogens is 378 g/mol. The molecule has 0 fully saturated rings. The molecule has 0 aliphatic heterocycles. The second kappa shape index (κ2) is 7.19. The highest BCUT2D eigenvalue weighted by atomic mass is 35.5. The van der Waals surface area contributed by atoms with Crippen LogP contribution in [0.4, 0.5) is 0 Å². The van der Waals surface area contributed by atoms with Crippen molar-refractivity contribution in [1.82, 2.24) is 14.5 Å². The van der Waals surface area contributed by atoms with Crippen molar-refractivity contribution < 1.29 is 0 Å². The first-order chi connectivity index (χ1) is 14.3. The zero-order chi connectivity index (χ0) is 19.7. The molecule has 0 bridgehead atoms. The van der Waals surface area contributed by atoms with Crippen molar-refractivity contribution in [3.63, 3.8) is 0 Å². The summed E-state index contributed by atoms with van der Waals surface area (Å²) in [6, 6.07) is 33.6. The number of fused-ring (bicyclic) bond motifs is 1. The normalized spacial score (nSPS) is 11.6. The minimum atomic E-state index is -0.581. The Morgan fingerprint density at radius 1 is 0.655 bits per heavy atom. The molecule has 4 heteroatoms. The molecule has 0 radical (unpaired) electrons. The highest BCUT2D eigenvalue weighted by Crippen LogP contribution is 2.42. The number of halogens is 1. The van der Waals surface area contributed by atoms with Gasteiger partial charge in [-0.2, -0.15) is 0 Å². The van der Waals surface area contributed by atoms with Gasteiger partial charge >= 0.3 is 0 Å². The van der Waals surface area contributed by atoms with Crippen LogP contribution in [0, 0.1) is 0 Å². The fourth-order valence-corrected chi connectivity index (χ4v) is 4.29. The van der Waals surface area contributed by atoms with Crippen molar-refractivity contribution in [2.24, 2.45) is 0 Å². The smallest absolute Gasteiger partial charge is 0.223 e. The second-order valence-corrected chi connectivity index (χ2v) is 7.24. The Morgan fingerprint density at radius 3 is 1.62 bits per heavy atom. The average molecular weight is 396 g/mol. The van der Waals surface area contributed by atoms with Gasteiger partial charge < -0.3 is 4.57 Å². The van der Waals surface area contributed by atoms with Gasteiger partial charge in [-0.15, -0.1) is 0 Å². The highest BCUT2D eigenvalue weighted by Gasteiger charge is 2.39. The predicted molar refractivity (Wildman–Crippen MR) is 117 cm³/mol. The zero-order valence-electron chi connectivity index (χ0n) is 15.6. The Bertz CT molecular complexity index is 1150. The fraction of sp³-hybridized carbons (Fsp3) is 0.0400. The fourth-order valence-electron chi connectivity index (χ4n) is 4.15. The third kappa shape index (κ3) is 2.82. The van der Waals surface area contributed by atoms with Crippen molar-refractivity contribution in [3.05, 3.63) is 131 Å². The number of hydrogen-bond acceptors (Lipinski definition) is 2. The first-order valence-electron chi connectivity index (χ1n) is 9.47. The maximum atomic E-state index is 6.06. The quantitative estimate of drug-likeness (QED) is 0.279. The minimum Gasteiger partial charge on any atom is -0.326 e. The molecule has 3 nitrogen and oxygen atoms in total. The molecule has 3 aromatic carbocycles. The lowest BCUT2D eigenvalue weighted by Crippen LogP contribution is -2.37. The summed E-state index contributed by atoms with van der Waals surface area (Å²) in [7, 11) is 0. The van der Waals surface area contributed by atoms with Crippen molar-refractivity contribution in [3.8, 4) is 0 Å². The van der Waals surface area contributed by atoms with Crippen LogP contribution in [0.1, 0.15) is 16.7 Å². The number of aromatic nitrogens is 3. The van der Waals surface area contributed by atoms with E-state index in [9.17, 15) is 0 Å². The minimum absolute atomic E-state index is 0.250. The van der Waals surface area contributed by atoms with Gasteiger partial charge in [-0.05, 0) is 34.4 Å². The molecule has 2 heterocycles. The van der Waals surface area contributed by atoms with E-state index in [0.717, 1.165) is 27.7 Å². The monoisotopic (exact) mass is 395 g/mol. The largest absolute Gasteiger partial charge is 0.326 e. The van der Waals surface area contributed by atoms with E-state index < -0.39 is 5.54 Å². The van der Waals surface area contributed by atoms with E-state index in [2.05, 4.69) is 93.5 Å². The van der Waals surface area contributed by atoms with Crippen molar-refractivity contribution in [1.29, 1.82) is 0 Å². The Morgan fingerprint density at radius 2 is 1.14 bits per heavy atom. The van der Waals surface area contributed by atoms with Crippen molar-refractivity contribution in [2.45, 2.75) is 5.54 Å². The summed E-state index contributed by atoms with van der Waals surface area (Å²) in [5.41, 5.74) is 4.63. The molecule has 0 atom stereocenters. The van der Waals surface area contributed by atoms with E-state index >= 15 is 0 Å². The summed E-state index contributed by atoms with van der Waals surface area (Å²) in [6.45, 7) is 0. The number of hydrogen-bond donors (Lipinski definition) is 0. The van der Waals surface area contributed by atoms with Gasteiger partial charge in [0.25, 0.3) is 0 Å². The molecule has 29 heavy (non-hydrogen) atoms. The predicted octanol–water partition coefficient (Wildman–Crippen LogP) is 5.92. The van der Waals surface area contributed by atoms with E-state index in [0.29, 0.717) is 0 Å². The van der Waals surface area contributed by atoms with Gasteiger partial charge in [0.1, 0.15) is 5.54 Å². The molecule has 5 rings (SSSR count). The summed E-state index contributed by atoms with van der Waals surface area (Å²) in [5.74, 6) is 0. The van der Waals surface area contributed by atoms with Crippen molar-refractivity contribution in [2.75, 3.05) is 0 Å². The molecule has 0 spiro atoms. The van der Waals surface area contributed by atoms with Gasteiger partial charge in [0.05, 0.1) is 17.2 Å². The van der Waals surface area contributed by atoms with Gasteiger partial charge in [-0.3, -0.25) is 0 Å². The average Bonchev–Trinajstić information content (AvgIpc) is 3.20. The van der Waals surface area contributed by atoms with E-state index in [1.54, 1.807) is 6.20 Å². The van der Waals surface area contributed by atoms with E-state index in [4.69, 9.17) is 11.6 Å². The van der Waals surface area contributed by atoms with Gasteiger partial charge in [0.15, 0.2) is 0 Å². The molecule has 0 saturated carbocycles. The molecule has 5 aromatic rings.